The van der Waals surface area contributed by atoms with E-state index in [1.807, 2.05) is 25.1 Å². The van der Waals surface area contributed by atoms with Gasteiger partial charge < -0.3 is 10.6 Å². The lowest BCUT2D eigenvalue weighted by molar-refractivity contribution is 0.0989. The van der Waals surface area contributed by atoms with E-state index in [2.05, 4.69) is 0 Å². The monoisotopic (exact) mass is 286 g/mol. The Labute approximate surface area is 123 Å². The van der Waals surface area contributed by atoms with Gasteiger partial charge in [0.1, 0.15) is 0 Å². The first-order valence-corrected chi connectivity index (χ1v) is 6.91. The summed E-state index contributed by atoms with van der Waals surface area (Å²) < 4.78 is 0. The summed E-state index contributed by atoms with van der Waals surface area (Å²) in [5.74, 6) is -0.0178. The van der Waals surface area contributed by atoms with Crippen molar-refractivity contribution in [1.82, 2.24) is 0 Å². The first kappa shape index (κ1) is 13.0. The van der Waals surface area contributed by atoms with Crippen LogP contribution in [0.3, 0.4) is 0 Å². The number of hydrogen-bond acceptors (Lipinski definition) is 2. The molecule has 0 atom stereocenters. The van der Waals surface area contributed by atoms with Gasteiger partial charge in [0, 0.05) is 17.1 Å². The molecule has 1 aliphatic rings. The number of nitrogens with zero attached hydrogens (tertiary/aromatic N) is 1. The summed E-state index contributed by atoms with van der Waals surface area (Å²) >= 11 is 5.94. The van der Waals surface area contributed by atoms with E-state index >= 15 is 0 Å². The SMILES string of the molecule is Cc1cc(Cl)ccc1C(=O)N1CCc2cccc(N)c21. The van der Waals surface area contributed by atoms with Crippen LogP contribution in [0.1, 0.15) is 21.5 Å². The summed E-state index contributed by atoms with van der Waals surface area (Å²) in [7, 11) is 0. The summed E-state index contributed by atoms with van der Waals surface area (Å²) in [5, 5.41) is 0.639. The van der Waals surface area contributed by atoms with E-state index in [0.717, 1.165) is 23.2 Å². The Morgan fingerprint density at radius 2 is 2.10 bits per heavy atom. The highest BCUT2D eigenvalue weighted by atomic mass is 35.5. The van der Waals surface area contributed by atoms with Crippen molar-refractivity contribution in [3.63, 3.8) is 0 Å². The van der Waals surface area contributed by atoms with E-state index in [-0.39, 0.29) is 5.91 Å². The number of halogens is 1. The number of anilines is 2. The van der Waals surface area contributed by atoms with Crippen LogP contribution in [0.15, 0.2) is 36.4 Å². The number of rotatable bonds is 1. The fourth-order valence-electron chi connectivity index (χ4n) is 2.70. The molecule has 2 N–H and O–H groups in total. The molecule has 2 aromatic rings. The molecule has 0 aliphatic carbocycles. The van der Waals surface area contributed by atoms with Gasteiger partial charge in [-0.2, -0.15) is 0 Å². The zero-order chi connectivity index (χ0) is 14.3. The number of carbonyl (C=O) groups is 1. The minimum Gasteiger partial charge on any atom is -0.397 e. The molecule has 0 bridgehead atoms. The fourth-order valence-corrected chi connectivity index (χ4v) is 2.93. The van der Waals surface area contributed by atoms with Gasteiger partial charge in [-0.1, -0.05) is 23.7 Å². The Bertz CT molecular complexity index is 697. The van der Waals surface area contributed by atoms with Gasteiger partial charge in [0.15, 0.2) is 0 Å². The van der Waals surface area contributed by atoms with Gasteiger partial charge in [0.2, 0.25) is 0 Å². The highest BCUT2D eigenvalue weighted by Crippen LogP contribution is 2.35. The van der Waals surface area contributed by atoms with Gasteiger partial charge in [-0.3, -0.25) is 4.79 Å². The quantitative estimate of drug-likeness (QED) is 0.816. The normalized spacial score (nSPS) is 13.4. The second-order valence-corrected chi connectivity index (χ2v) is 5.46. The third-order valence-corrected chi connectivity index (χ3v) is 3.92. The van der Waals surface area contributed by atoms with Crippen molar-refractivity contribution in [2.24, 2.45) is 0 Å². The number of carbonyl (C=O) groups excluding carboxylic acids is 1. The van der Waals surface area contributed by atoms with Crippen molar-refractivity contribution >= 4 is 28.9 Å². The Hall–Kier alpha value is -2.00. The molecule has 0 saturated carbocycles. The standard InChI is InChI=1S/C16H15ClN2O/c1-10-9-12(17)5-6-13(10)16(20)19-8-7-11-3-2-4-14(18)15(11)19/h2-6,9H,7-8,18H2,1H3. The predicted molar refractivity (Wildman–Crippen MR) is 82.4 cm³/mol. The van der Waals surface area contributed by atoms with Crippen LogP contribution in [-0.4, -0.2) is 12.5 Å². The smallest absolute Gasteiger partial charge is 0.258 e. The zero-order valence-corrected chi connectivity index (χ0v) is 11.9. The predicted octanol–water partition coefficient (Wildman–Crippen LogP) is 3.43. The molecule has 0 fully saturated rings. The molecule has 0 radical (unpaired) electrons. The molecule has 1 heterocycles. The van der Waals surface area contributed by atoms with Crippen LogP contribution in [-0.2, 0) is 6.42 Å². The van der Waals surface area contributed by atoms with E-state index < -0.39 is 0 Å². The van der Waals surface area contributed by atoms with Crippen LogP contribution in [0.4, 0.5) is 11.4 Å². The number of para-hydroxylation sites is 1. The lowest BCUT2D eigenvalue weighted by atomic mass is 10.1. The molecule has 3 nitrogen and oxygen atoms in total. The van der Waals surface area contributed by atoms with Crippen molar-refractivity contribution in [3.05, 3.63) is 58.1 Å². The summed E-state index contributed by atoms with van der Waals surface area (Å²) in [6.07, 6.45) is 0.846. The van der Waals surface area contributed by atoms with Gasteiger partial charge in [-0.15, -0.1) is 0 Å². The molecule has 2 aromatic carbocycles. The zero-order valence-electron chi connectivity index (χ0n) is 11.2. The van der Waals surface area contributed by atoms with Gasteiger partial charge >= 0.3 is 0 Å². The Morgan fingerprint density at radius 3 is 2.85 bits per heavy atom. The van der Waals surface area contributed by atoms with Crippen molar-refractivity contribution in [1.29, 1.82) is 0 Å². The van der Waals surface area contributed by atoms with Crippen molar-refractivity contribution < 1.29 is 4.79 Å². The van der Waals surface area contributed by atoms with E-state index in [9.17, 15) is 4.79 Å². The fraction of sp³-hybridized carbons (Fsp3) is 0.188. The van der Waals surface area contributed by atoms with Gasteiger partial charge in [0.05, 0.1) is 11.4 Å². The van der Waals surface area contributed by atoms with Crippen LogP contribution >= 0.6 is 11.6 Å². The summed E-state index contributed by atoms with van der Waals surface area (Å²) in [5.41, 5.74) is 10.2. The van der Waals surface area contributed by atoms with Crippen molar-refractivity contribution in [3.8, 4) is 0 Å². The summed E-state index contributed by atoms with van der Waals surface area (Å²) in [6.45, 7) is 2.56. The molecule has 0 saturated heterocycles. The van der Waals surface area contributed by atoms with Crippen LogP contribution in [0.2, 0.25) is 5.02 Å². The highest BCUT2D eigenvalue weighted by molar-refractivity contribution is 6.30. The second-order valence-electron chi connectivity index (χ2n) is 5.02. The average molecular weight is 287 g/mol. The Kier molecular flexibility index (Phi) is 3.14. The van der Waals surface area contributed by atoms with Crippen molar-refractivity contribution in [2.45, 2.75) is 13.3 Å². The van der Waals surface area contributed by atoms with Crippen LogP contribution in [0, 0.1) is 6.92 Å². The van der Waals surface area contributed by atoms with Gasteiger partial charge in [0.25, 0.3) is 5.91 Å². The maximum absolute atomic E-state index is 12.7. The summed E-state index contributed by atoms with van der Waals surface area (Å²) in [4.78, 5) is 14.5. The number of nitrogens with two attached hydrogens (primary N) is 1. The van der Waals surface area contributed by atoms with Gasteiger partial charge in [-0.05, 0) is 48.7 Å². The lowest BCUT2D eigenvalue weighted by Crippen LogP contribution is -2.30. The number of hydrogen-bond donors (Lipinski definition) is 1. The van der Waals surface area contributed by atoms with E-state index in [1.54, 1.807) is 23.1 Å². The Morgan fingerprint density at radius 1 is 1.30 bits per heavy atom. The lowest BCUT2D eigenvalue weighted by Gasteiger charge is -2.20. The molecule has 1 aliphatic heterocycles. The molecule has 0 unspecified atom stereocenters. The van der Waals surface area contributed by atoms with Crippen LogP contribution in [0.25, 0.3) is 0 Å². The Balaban J connectivity index is 2.02. The number of benzene rings is 2. The molecule has 0 aromatic heterocycles. The summed E-state index contributed by atoms with van der Waals surface area (Å²) in [6, 6.07) is 11.1. The van der Waals surface area contributed by atoms with E-state index in [0.29, 0.717) is 22.8 Å². The molecule has 20 heavy (non-hydrogen) atoms. The molecule has 4 heteroatoms. The molecule has 102 valence electrons. The number of fused-ring (bicyclic) bond motifs is 1. The second kappa shape index (κ2) is 4.84. The molecular formula is C16H15ClN2O. The number of nitrogen functional groups attached to an aromatic ring is 1. The third-order valence-electron chi connectivity index (χ3n) is 3.69. The largest absolute Gasteiger partial charge is 0.397 e. The number of amides is 1. The molecule has 1 amide bonds. The molecular weight excluding hydrogens is 272 g/mol. The first-order valence-electron chi connectivity index (χ1n) is 6.53. The van der Waals surface area contributed by atoms with Crippen molar-refractivity contribution in [2.75, 3.05) is 17.2 Å². The molecule has 3 rings (SSSR count). The maximum Gasteiger partial charge on any atom is 0.258 e. The highest BCUT2D eigenvalue weighted by Gasteiger charge is 2.28. The topological polar surface area (TPSA) is 46.3 Å². The van der Waals surface area contributed by atoms with E-state index in [1.165, 1.54) is 0 Å². The molecule has 0 spiro atoms. The first-order chi connectivity index (χ1) is 9.58. The minimum absolute atomic E-state index is 0.0178. The minimum atomic E-state index is -0.0178. The van der Waals surface area contributed by atoms with E-state index in [4.69, 9.17) is 17.3 Å². The van der Waals surface area contributed by atoms with Crippen LogP contribution < -0.4 is 10.6 Å². The van der Waals surface area contributed by atoms with Gasteiger partial charge in [-0.25, -0.2) is 0 Å². The number of aryl methyl sites for hydroxylation is 1. The maximum atomic E-state index is 12.7. The average Bonchev–Trinajstić information content (AvgIpc) is 2.83. The van der Waals surface area contributed by atoms with Crippen LogP contribution in [0.5, 0.6) is 0 Å². The third kappa shape index (κ3) is 2.04.